The van der Waals surface area contributed by atoms with Crippen LogP contribution >= 0.6 is 0 Å². The molecular formula is C58H96N12O15. The Kier molecular flexibility index (Phi) is 31.8. The Bertz CT molecular complexity index is 2430. The summed E-state index contributed by atoms with van der Waals surface area (Å²) in [5.41, 5.74) is 6.45. The van der Waals surface area contributed by atoms with Gasteiger partial charge in [0, 0.05) is 6.42 Å². The topological polar surface area (TPSA) is 413 Å². The van der Waals surface area contributed by atoms with E-state index in [1.807, 2.05) is 30.3 Å². The zero-order valence-electron chi connectivity index (χ0n) is 51.6. The zero-order chi connectivity index (χ0) is 64.4. The number of nitrogens with one attached hydrogen (secondary N) is 11. The van der Waals surface area contributed by atoms with Gasteiger partial charge < -0.3 is 79.2 Å². The first-order valence-corrected chi connectivity index (χ1v) is 29.5. The number of likely N-dealkylation sites (N-methyl/N-ethyl adjacent to an activating group) is 1. The monoisotopic (exact) mass is 1200 g/mol. The van der Waals surface area contributed by atoms with Crippen LogP contribution in [0.15, 0.2) is 30.3 Å². The third-order valence-corrected chi connectivity index (χ3v) is 15.7. The lowest BCUT2D eigenvalue weighted by molar-refractivity contribution is -0.157. The van der Waals surface area contributed by atoms with Gasteiger partial charge in [-0.1, -0.05) is 125 Å². The largest absolute Gasteiger partial charge is 0.458 e. The standard InChI is InChI=1S/C58H96N12O15/c1-14-30(7)43(66-49(75)37(60-13)24-23-36-21-19-18-20-22-36)54(80)63-39(27-71)51(77)62-38(25-26-41(59)73)50(76)67-45(32(9)16-3)56(82)68-44(31(8)15-2)55(81)64-40(28-72)52(78)70-47-35(12)85-58(84)46(33(10)17-4)69-53(79)42(29(5)6)65-48(74)34(11)61-57(47)83/h18-22,29-35,37-40,42-47,60,71-72H,14-17,23-28H2,1-13H3,(H2,59,73)(H,61,83)(H,62,77)(H,63,80)(H,64,81)(H,65,74)(H,66,75)(H,67,76)(H,68,82)(H,69,79)(H,70,78)/t30-,31-,32+,33-,34-,35-,37+,38+,39-,40-,42-,43-,44-,45+,46-,47+/m0/s1. The van der Waals surface area contributed by atoms with Crippen molar-refractivity contribution in [2.45, 2.75) is 207 Å². The van der Waals surface area contributed by atoms with Crippen molar-refractivity contribution < 1.29 is 72.5 Å². The third kappa shape index (κ3) is 22.9. The molecule has 27 heteroatoms. The average molecular weight is 1200 g/mol. The minimum atomic E-state index is -1.80. The molecule has 1 heterocycles. The number of aryl methyl sites for hydroxylation is 1. The van der Waals surface area contributed by atoms with Crippen molar-refractivity contribution in [1.29, 1.82) is 0 Å². The SMILES string of the molecule is CC[C@@H](C)[C@@H](NC(=O)[C@@H](CCC(N)=O)NC(=O)[C@H](CO)NC(=O)[C@@H](NC(=O)[C@@H](CCc1ccccc1)NC)[C@@H](C)CC)C(=O)N[C@H](C(=O)N[C@@H](CO)C(=O)N[C@H]1C(=O)N[C@@H](C)C(=O)N[C@@H](C(C)C)C(=O)N[C@@H]([C@@H](C)CC)C(=O)O[C@H]1C)[C@@H](C)CC. The molecule has 27 nitrogen and oxygen atoms in total. The molecule has 2 rings (SSSR count). The average Bonchev–Trinajstić information content (AvgIpc) is 3.70. The van der Waals surface area contributed by atoms with Crippen LogP contribution < -0.4 is 64.2 Å². The number of hydrogen-bond donors (Lipinski definition) is 14. The van der Waals surface area contributed by atoms with Gasteiger partial charge in [-0.15, -0.1) is 0 Å². The van der Waals surface area contributed by atoms with Gasteiger partial charge in [-0.3, -0.25) is 52.7 Å². The number of aliphatic hydroxyl groups excluding tert-OH is 2. The molecule has 1 fully saturated rings. The molecule has 0 bridgehead atoms. The molecule has 85 heavy (non-hydrogen) atoms. The van der Waals surface area contributed by atoms with Gasteiger partial charge in [0.05, 0.1) is 19.3 Å². The summed E-state index contributed by atoms with van der Waals surface area (Å²) < 4.78 is 5.69. The van der Waals surface area contributed by atoms with E-state index in [0.29, 0.717) is 25.7 Å². The zero-order valence-corrected chi connectivity index (χ0v) is 51.6. The molecule has 0 saturated carbocycles. The predicted molar refractivity (Wildman–Crippen MR) is 313 cm³/mol. The first-order chi connectivity index (χ1) is 40.0. The fraction of sp³-hybridized carbons (Fsp3) is 0.690. The highest BCUT2D eigenvalue weighted by Crippen LogP contribution is 2.18. The molecule has 11 amide bonds. The van der Waals surface area contributed by atoms with Crippen molar-refractivity contribution >= 4 is 70.9 Å². The van der Waals surface area contributed by atoms with Crippen molar-refractivity contribution in [3.63, 3.8) is 0 Å². The first kappa shape index (κ1) is 73.8. The lowest BCUT2D eigenvalue weighted by Gasteiger charge is -2.31. The number of hydrogen-bond acceptors (Lipinski definition) is 16. The van der Waals surface area contributed by atoms with Crippen molar-refractivity contribution in [3.8, 4) is 0 Å². The Balaban J connectivity index is 2.39. The quantitative estimate of drug-likeness (QED) is 0.0351. The maximum absolute atomic E-state index is 14.4. The van der Waals surface area contributed by atoms with Crippen LogP contribution in [0.25, 0.3) is 0 Å². The van der Waals surface area contributed by atoms with E-state index in [-0.39, 0.29) is 12.8 Å². The maximum Gasteiger partial charge on any atom is 0.329 e. The van der Waals surface area contributed by atoms with Gasteiger partial charge >= 0.3 is 5.97 Å². The lowest BCUT2D eigenvalue weighted by Crippen LogP contribution is -2.63. The van der Waals surface area contributed by atoms with Crippen LogP contribution in [0.1, 0.15) is 134 Å². The summed E-state index contributed by atoms with van der Waals surface area (Å²) in [6.07, 6.45) is 0.0369. The predicted octanol–water partition coefficient (Wildman–Crippen LogP) is -1.89. The van der Waals surface area contributed by atoms with E-state index in [1.165, 1.54) is 13.8 Å². The number of amides is 11. The molecule has 0 unspecified atom stereocenters. The Labute approximate surface area is 498 Å². The summed E-state index contributed by atoms with van der Waals surface area (Å²) >= 11 is 0. The molecule has 1 aromatic rings. The molecule has 1 saturated heterocycles. The Morgan fingerprint density at radius 2 is 1.00 bits per heavy atom. The number of cyclic esters (lactones) is 1. The van der Waals surface area contributed by atoms with Crippen molar-refractivity contribution in [2.75, 3.05) is 20.3 Å². The molecule has 1 aromatic carbocycles. The summed E-state index contributed by atoms with van der Waals surface area (Å²) in [6.45, 7) is 17.6. The minimum Gasteiger partial charge on any atom is -0.458 e. The van der Waals surface area contributed by atoms with E-state index in [2.05, 4.69) is 58.5 Å². The number of carbonyl (C=O) groups is 12. The van der Waals surface area contributed by atoms with Gasteiger partial charge in [-0.05, 0) is 75.3 Å². The fourth-order valence-corrected chi connectivity index (χ4v) is 9.03. The van der Waals surface area contributed by atoms with Crippen molar-refractivity contribution in [2.24, 2.45) is 35.3 Å². The summed E-state index contributed by atoms with van der Waals surface area (Å²) in [6, 6.07) is -5.64. The molecule has 16 atom stereocenters. The van der Waals surface area contributed by atoms with Gasteiger partial charge in [0.1, 0.15) is 66.5 Å². The molecule has 15 N–H and O–H groups in total. The molecule has 1 aliphatic rings. The van der Waals surface area contributed by atoms with Crippen LogP contribution in [-0.4, -0.2) is 174 Å². The number of carbonyl (C=O) groups excluding carboxylic acids is 12. The molecule has 478 valence electrons. The highest BCUT2D eigenvalue weighted by Gasteiger charge is 2.41. The number of rotatable bonds is 32. The molecule has 0 aliphatic carbocycles. The van der Waals surface area contributed by atoms with E-state index in [4.69, 9.17) is 10.5 Å². The molecule has 0 radical (unpaired) electrons. The van der Waals surface area contributed by atoms with E-state index in [0.717, 1.165) is 5.56 Å². The number of benzene rings is 1. The Hall–Kier alpha value is -7.26. The molecule has 0 spiro atoms. The van der Waals surface area contributed by atoms with Crippen molar-refractivity contribution in [3.05, 3.63) is 35.9 Å². The highest BCUT2D eigenvalue weighted by molar-refractivity contribution is 5.99. The summed E-state index contributed by atoms with van der Waals surface area (Å²) in [7, 11) is 1.61. The highest BCUT2D eigenvalue weighted by atomic mass is 16.5. The second-order valence-electron chi connectivity index (χ2n) is 22.5. The second kappa shape index (κ2) is 36.6. The smallest absolute Gasteiger partial charge is 0.329 e. The maximum atomic E-state index is 14.4. The van der Waals surface area contributed by atoms with Crippen LogP contribution in [-0.2, 0) is 68.7 Å². The number of aliphatic hydroxyl groups is 2. The van der Waals surface area contributed by atoms with Crippen molar-refractivity contribution in [1.82, 2.24) is 58.5 Å². The molecule has 1 aliphatic heterocycles. The summed E-state index contributed by atoms with van der Waals surface area (Å²) in [5.74, 6) is -13.3. The Morgan fingerprint density at radius 1 is 0.553 bits per heavy atom. The number of nitrogens with two attached hydrogens (primary N) is 1. The number of esters is 1. The van der Waals surface area contributed by atoms with Gasteiger partial charge in [0.25, 0.3) is 0 Å². The van der Waals surface area contributed by atoms with Crippen LogP contribution in [0.5, 0.6) is 0 Å². The van der Waals surface area contributed by atoms with Gasteiger partial charge in [-0.25, -0.2) is 4.79 Å². The van der Waals surface area contributed by atoms with E-state index >= 15 is 0 Å². The summed E-state index contributed by atoms with van der Waals surface area (Å²) in [5, 5.41) is 49.4. The lowest BCUT2D eigenvalue weighted by atomic mass is 9.94. The fourth-order valence-electron chi connectivity index (χ4n) is 9.03. The number of primary amides is 1. The van der Waals surface area contributed by atoms with Crippen LogP contribution in [0.2, 0.25) is 0 Å². The Morgan fingerprint density at radius 3 is 1.46 bits per heavy atom. The van der Waals surface area contributed by atoms with Crippen LogP contribution in [0, 0.1) is 29.6 Å². The van der Waals surface area contributed by atoms with Crippen LogP contribution in [0.3, 0.4) is 0 Å². The number of ether oxygens (including phenoxy) is 1. The van der Waals surface area contributed by atoms with Gasteiger partial charge in [0.2, 0.25) is 65.0 Å². The van der Waals surface area contributed by atoms with Gasteiger partial charge in [-0.2, -0.15) is 0 Å². The van der Waals surface area contributed by atoms with E-state index in [9.17, 15) is 67.7 Å². The normalized spacial score (nSPS) is 21.5. The minimum absolute atomic E-state index is 0.265. The van der Waals surface area contributed by atoms with E-state index < -0.39 is 199 Å². The van der Waals surface area contributed by atoms with Gasteiger partial charge in [0.15, 0.2) is 0 Å². The summed E-state index contributed by atoms with van der Waals surface area (Å²) in [4.78, 5) is 164. The molecular weight excluding hydrogens is 1100 g/mol. The first-order valence-electron chi connectivity index (χ1n) is 29.5. The third-order valence-electron chi connectivity index (χ3n) is 15.7. The van der Waals surface area contributed by atoms with E-state index in [1.54, 1.807) is 76.3 Å². The van der Waals surface area contributed by atoms with Crippen LogP contribution in [0.4, 0.5) is 0 Å². The second-order valence-corrected chi connectivity index (χ2v) is 22.5. The molecule has 0 aromatic heterocycles.